The van der Waals surface area contributed by atoms with Crippen LogP contribution in [0.15, 0.2) is 65.8 Å². The molecule has 1 atom stereocenters. The minimum absolute atomic E-state index is 0.0892. The first-order valence-corrected chi connectivity index (χ1v) is 16.3. The lowest BCUT2D eigenvalue weighted by molar-refractivity contribution is -0.123. The molecule has 0 aliphatic rings. The van der Waals surface area contributed by atoms with Crippen molar-refractivity contribution < 1.29 is 33.4 Å². The van der Waals surface area contributed by atoms with E-state index in [1.54, 1.807) is 39.8 Å². The van der Waals surface area contributed by atoms with Crippen molar-refractivity contribution in [3.05, 3.63) is 88.1 Å². The molecule has 0 aliphatic heterocycles. The largest absolute Gasteiger partial charge is 0.484 e. The number of rotatable bonds is 15. The molecular weight excluding hydrogens is 631 g/mol. The maximum Gasteiger partial charge on any atom is 0.348 e. The van der Waals surface area contributed by atoms with Crippen molar-refractivity contribution in [2.24, 2.45) is 0 Å². The van der Waals surface area contributed by atoms with Crippen molar-refractivity contribution >= 4 is 51.9 Å². The molecule has 0 aliphatic carbocycles. The third-order valence-corrected chi connectivity index (χ3v) is 8.78. The molecule has 2 heterocycles. The third kappa shape index (κ3) is 8.95. The first-order valence-electron chi connectivity index (χ1n) is 14.6. The number of carbonyl (C=O) groups excluding carboxylic acids is 4. The number of benzene rings is 2. The predicted octanol–water partition coefficient (Wildman–Crippen LogP) is 4.86. The summed E-state index contributed by atoms with van der Waals surface area (Å²) in [6.45, 7) is 7.28. The number of thiophene rings is 1. The van der Waals surface area contributed by atoms with Crippen molar-refractivity contribution in [1.29, 1.82) is 0 Å². The minimum Gasteiger partial charge on any atom is -0.484 e. The van der Waals surface area contributed by atoms with Crippen molar-refractivity contribution in [2.75, 3.05) is 25.1 Å². The van der Waals surface area contributed by atoms with E-state index < -0.39 is 23.1 Å². The molecule has 0 saturated carbocycles. The monoisotopic (exact) mass is 665 g/mol. The number of esters is 2. The quantitative estimate of drug-likeness (QED) is 0.133. The molecule has 14 heteroatoms. The average molecular weight is 666 g/mol. The van der Waals surface area contributed by atoms with Crippen molar-refractivity contribution in [2.45, 2.75) is 51.2 Å². The molecule has 2 aromatic carbocycles. The Morgan fingerprint density at radius 3 is 2.26 bits per heavy atom. The van der Waals surface area contributed by atoms with E-state index in [0.717, 1.165) is 16.9 Å². The molecule has 0 bridgehead atoms. The van der Waals surface area contributed by atoms with Crippen LogP contribution in [0.5, 0.6) is 5.75 Å². The molecule has 0 radical (unpaired) electrons. The smallest absolute Gasteiger partial charge is 0.348 e. The number of anilines is 1. The zero-order valence-corrected chi connectivity index (χ0v) is 27.5. The second-order valence-electron chi connectivity index (χ2n) is 9.80. The van der Waals surface area contributed by atoms with Gasteiger partial charge >= 0.3 is 11.9 Å². The number of ether oxygens (including phenoxy) is 3. The second-order valence-corrected chi connectivity index (χ2v) is 12.1. The molecule has 2 aromatic heterocycles. The van der Waals surface area contributed by atoms with Gasteiger partial charge in [0.25, 0.3) is 5.91 Å². The maximum absolute atomic E-state index is 13.4. The molecular formula is C32H35N5O7S2. The molecule has 1 unspecified atom stereocenters. The van der Waals surface area contributed by atoms with Crippen LogP contribution in [0.2, 0.25) is 0 Å². The maximum atomic E-state index is 13.4. The lowest BCUT2D eigenvalue weighted by Crippen LogP contribution is -2.29. The number of thioether (sulfide) groups is 1. The van der Waals surface area contributed by atoms with E-state index in [1.807, 2.05) is 53.1 Å². The van der Waals surface area contributed by atoms with Gasteiger partial charge in [-0.25, -0.2) is 9.59 Å². The molecule has 0 spiro atoms. The number of hydrogen-bond acceptors (Lipinski definition) is 11. The number of carbonyl (C=O) groups is 4. The first kappa shape index (κ1) is 34.2. The Hall–Kier alpha value is -4.69. The summed E-state index contributed by atoms with van der Waals surface area (Å²) in [5.74, 6) is -0.908. The van der Waals surface area contributed by atoms with Crippen molar-refractivity contribution in [3.8, 4) is 5.75 Å². The first-order chi connectivity index (χ1) is 22.2. The Balaban J connectivity index is 1.50. The van der Waals surface area contributed by atoms with Crippen LogP contribution >= 0.6 is 23.1 Å². The summed E-state index contributed by atoms with van der Waals surface area (Å²) in [6, 6.07) is 18.7. The van der Waals surface area contributed by atoms with E-state index in [1.165, 1.54) is 11.8 Å². The van der Waals surface area contributed by atoms with Crippen LogP contribution in [0.1, 0.15) is 57.8 Å². The van der Waals surface area contributed by atoms with Gasteiger partial charge in [0.15, 0.2) is 17.6 Å². The van der Waals surface area contributed by atoms with Crippen LogP contribution in [0, 0.1) is 6.92 Å². The van der Waals surface area contributed by atoms with Crippen LogP contribution < -0.4 is 15.4 Å². The summed E-state index contributed by atoms with van der Waals surface area (Å²) in [5.41, 5.74) is 1.46. The fraction of sp³-hybridized carbons (Fsp3) is 0.312. The van der Waals surface area contributed by atoms with E-state index in [9.17, 15) is 19.2 Å². The van der Waals surface area contributed by atoms with Crippen LogP contribution in [-0.4, -0.2) is 63.6 Å². The fourth-order valence-electron chi connectivity index (χ4n) is 4.22. The summed E-state index contributed by atoms with van der Waals surface area (Å²) in [6.07, 6.45) is 0. The highest BCUT2D eigenvalue weighted by atomic mass is 32.2. The van der Waals surface area contributed by atoms with Crippen molar-refractivity contribution in [1.82, 2.24) is 20.1 Å². The predicted molar refractivity (Wildman–Crippen MR) is 174 cm³/mol. The zero-order chi connectivity index (χ0) is 33.1. The van der Waals surface area contributed by atoms with Gasteiger partial charge in [-0.1, -0.05) is 60.3 Å². The molecule has 12 nitrogen and oxygen atoms in total. The average Bonchev–Trinajstić information content (AvgIpc) is 3.59. The molecule has 46 heavy (non-hydrogen) atoms. The van der Waals surface area contributed by atoms with Gasteiger partial charge in [0, 0.05) is 0 Å². The molecule has 4 aromatic rings. The summed E-state index contributed by atoms with van der Waals surface area (Å²) in [4.78, 5) is 51.5. The number of para-hydroxylation sites is 1. The standard InChI is InChI=1S/C32H35N5O7S2/c1-5-42-30(40)26-20(3)27(31(41)43-6-2)46-29(26)34-28(39)21(4)45-32-36-35-24(37(32)18-22-13-9-7-10-14-22)17-33-25(38)19-44-23-15-11-8-12-16-23/h7-16,21H,5-6,17-19H2,1-4H3,(H,33,38)(H,34,39). The van der Waals surface area contributed by atoms with Crippen LogP contribution in [0.4, 0.5) is 5.00 Å². The van der Waals surface area contributed by atoms with Gasteiger partial charge in [-0.3, -0.25) is 9.59 Å². The number of aromatic nitrogens is 3. The number of nitrogens with one attached hydrogen (secondary N) is 2. The lowest BCUT2D eigenvalue weighted by Gasteiger charge is -2.14. The number of hydrogen-bond donors (Lipinski definition) is 2. The third-order valence-electron chi connectivity index (χ3n) is 6.51. The summed E-state index contributed by atoms with van der Waals surface area (Å²) < 4.78 is 17.7. The van der Waals surface area contributed by atoms with Crippen molar-refractivity contribution in [3.63, 3.8) is 0 Å². The van der Waals surface area contributed by atoms with Gasteiger partial charge < -0.3 is 29.4 Å². The molecule has 2 N–H and O–H groups in total. The summed E-state index contributed by atoms with van der Waals surface area (Å²) in [7, 11) is 0. The highest BCUT2D eigenvalue weighted by Crippen LogP contribution is 2.35. The minimum atomic E-state index is -0.691. The van der Waals surface area contributed by atoms with E-state index in [4.69, 9.17) is 14.2 Å². The Labute approximate surface area is 274 Å². The summed E-state index contributed by atoms with van der Waals surface area (Å²) in [5, 5.41) is 14.2. The van der Waals surface area contributed by atoms with Gasteiger partial charge in [-0.2, -0.15) is 0 Å². The molecule has 0 saturated heterocycles. The lowest BCUT2D eigenvalue weighted by atomic mass is 10.1. The SMILES string of the molecule is CCOC(=O)c1sc(NC(=O)C(C)Sc2nnc(CNC(=O)COc3ccccc3)n2Cc2ccccc2)c(C(=O)OCC)c1C. The van der Waals surface area contributed by atoms with Gasteiger partial charge in [0.1, 0.15) is 15.6 Å². The molecule has 2 amide bonds. The molecule has 4 rings (SSSR count). The van der Waals surface area contributed by atoms with E-state index in [0.29, 0.717) is 28.8 Å². The number of nitrogens with zero attached hydrogens (tertiary/aromatic N) is 3. The van der Waals surface area contributed by atoms with Gasteiger partial charge in [-0.05, 0) is 51.0 Å². The van der Waals surface area contributed by atoms with E-state index >= 15 is 0 Å². The van der Waals surface area contributed by atoms with E-state index in [2.05, 4.69) is 20.8 Å². The Morgan fingerprint density at radius 1 is 0.935 bits per heavy atom. The molecule has 242 valence electrons. The highest BCUT2D eigenvalue weighted by molar-refractivity contribution is 8.00. The Kier molecular flexibility index (Phi) is 12.3. The van der Waals surface area contributed by atoms with Gasteiger partial charge in [-0.15, -0.1) is 21.5 Å². The summed E-state index contributed by atoms with van der Waals surface area (Å²) >= 11 is 2.13. The highest BCUT2D eigenvalue weighted by Gasteiger charge is 2.29. The normalized spacial score (nSPS) is 11.4. The second kappa shape index (κ2) is 16.6. The topological polar surface area (TPSA) is 151 Å². The van der Waals surface area contributed by atoms with E-state index in [-0.39, 0.29) is 47.7 Å². The molecule has 0 fully saturated rings. The Morgan fingerprint density at radius 2 is 1.59 bits per heavy atom. The number of amides is 2. The van der Waals surface area contributed by atoms with Crippen LogP contribution in [-0.2, 0) is 32.2 Å². The van der Waals surface area contributed by atoms with Gasteiger partial charge in [0.05, 0.1) is 37.1 Å². The van der Waals surface area contributed by atoms with Crippen LogP contribution in [0.25, 0.3) is 0 Å². The zero-order valence-electron chi connectivity index (χ0n) is 25.9. The van der Waals surface area contributed by atoms with Crippen LogP contribution in [0.3, 0.4) is 0 Å². The van der Waals surface area contributed by atoms with Gasteiger partial charge in [0.2, 0.25) is 5.91 Å². The fourth-order valence-corrected chi connectivity index (χ4v) is 6.18. The Bertz CT molecular complexity index is 1660.